The molecular weight excluding hydrogens is 1140 g/mol. The molecule has 0 radical (unpaired) electrons. The molecule has 0 aromatic heterocycles. The third kappa shape index (κ3) is 8.23. The van der Waals surface area contributed by atoms with Crippen molar-refractivity contribution in [2.24, 2.45) is 10.2 Å². The molecule has 2 aromatic carbocycles. The van der Waals surface area contributed by atoms with Crippen molar-refractivity contribution in [3.8, 4) is 0 Å². The zero-order valence-corrected chi connectivity index (χ0v) is 33.6. The summed E-state index contributed by atoms with van der Waals surface area (Å²) in [6.45, 7) is -0.719. The Balaban J connectivity index is 2.55. The fourth-order valence-corrected chi connectivity index (χ4v) is 5.71. The molecule has 0 saturated carbocycles. The average Bonchev–Trinajstić information content (AvgIpc) is 3.21. The second-order valence-electron chi connectivity index (χ2n) is 14.4. The second-order valence-corrected chi connectivity index (χ2v) is 17.1. The topological polar surface area (TPSA) is 65.2 Å². The molecule has 0 bridgehead atoms. The van der Waals surface area contributed by atoms with Gasteiger partial charge in [-0.15, -0.1) is 0 Å². The fraction of sp³-hybridized carbons (Fsp3) is 0.613. The minimum Gasteiger partial charge on any atom is -0.407 e. The van der Waals surface area contributed by atoms with Crippen molar-refractivity contribution in [1.82, 2.24) is 0 Å². The average molecular weight is 1160 g/mol. The van der Waals surface area contributed by atoms with E-state index in [0.717, 1.165) is 0 Å². The van der Waals surface area contributed by atoms with E-state index >= 15 is 0 Å². The summed E-state index contributed by atoms with van der Waals surface area (Å²) in [7, 11) is -7.09. The van der Waals surface area contributed by atoms with Crippen molar-refractivity contribution < 1.29 is 168 Å². The van der Waals surface area contributed by atoms with Gasteiger partial charge in [0.15, 0.2) is 0 Å². The fourth-order valence-electron chi connectivity index (χ4n) is 4.96. The predicted molar refractivity (Wildman–Crippen MR) is 161 cm³/mol. The van der Waals surface area contributed by atoms with E-state index in [4.69, 9.17) is 9.59 Å². The minimum atomic E-state index is -9.72. The highest BCUT2D eigenvalue weighted by atomic mass is 28.4. The first-order valence-electron chi connectivity index (χ1n) is 16.9. The summed E-state index contributed by atoms with van der Waals surface area (Å²) in [5.74, 6) is -138. The molecule has 416 valence electrons. The summed E-state index contributed by atoms with van der Waals surface area (Å²) in [6, 6.07) is -3.39. The van der Waals surface area contributed by atoms with Crippen molar-refractivity contribution in [2.75, 3.05) is 0 Å². The van der Waals surface area contributed by atoms with Gasteiger partial charge in [0, 0.05) is 11.1 Å². The standard InChI is InChI=1S/C31H14F36N2O2Si/c1-72(70,71)31(66,67)30(64,65)29(62,63)22(48,49)19(42,43)16(36,37)11-4-8-13(9-5-11)69-68-12-6-2-10(3-7-12)15(34,35)18(40,41)21(46,47)24(52,53)26(56,57)28(60,61)27(58,59)25(54,55)23(50,51)20(44,45)17(38,39)14(32)33/h2-9,14,70-71H,1H3. The van der Waals surface area contributed by atoms with E-state index in [9.17, 15) is 158 Å². The lowest BCUT2D eigenvalue weighted by Gasteiger charge is -2.45. The molecule has 0 amide bonds. The summed E-state index contributed by atoms with van der Waals surface area (Å²) in [5, 5.41) is 5.77. The van der Waals surface area contributed by atoms with E-state index in [2.05, 4.69) is 10.2 Å². The molecule has 2 aromatic rings. The third-order valence-electron chi connectivity index (χ3n) is 9.55. The van der Waals surface area contributed by atoms with Gasteiger partial charge in [0.1, 0.15) is 0 Å². The van der Waals surface area contributed by atoms with E-state index in [1.807, 2.05) is 0 Å². The van der Waals surface area contributed by atoms with Crippen LogP contribution in [0.3, 0.4) is 0 Å². The third-order valence-corrected chi connectivity index (χ3v) is 11.1. The smallest absolute Gasteiger partial charge is 0.407 e. The molecule has 4 nitrogen and oxygen atoms in total. The van der Waals surface area contributed by atoms with Gasteiger partial charge in [0.2, 0.25) is 0 Å². The van der Waals surface area contributed by atoms with Gasteiger partial charge in [0.05, 0.1) is 11.4 Å². The van der Waals surface area contributed by atoms with E-state index < -0.39 is 169 Å². The Morgan fingerprint density at radius 3 is 0.722 bits per heavy atom. The van der Waals surface area contributed by atoms with Crippen LogP contribution in [0.2, 0.25) is 6.55 Å². The van der Waals surface area contributed by atoms with Gasteiger partial charge < -0.3 is 9.59 Å². The Morgan fingerprint density at radius 2 is 0.514 bits per heavy atom. The molecule has 0 saturated heterocycles. The SMILES string of the molecule is C[Si](O)(O)C(F)(F)C(F)(F)C(F)(F)C(F)(F)C(F)(F)C(F)(F)c1ccc(N=Nc2ccc(C(F)(F)C(F)(F)C(F)(F)C(F)(F)C(F)(F)C(F)(F)C(F)(F)C(F)(F)C(F)(F)C(F)(F)C(F)(F)C(F)F)cc2)cc1. The summed E-state index contributed by atoms with van der Waals surface area (Å²) >= 11 is 0. The summed E-state index contributed by atoms with van der Waals surface area (Å²) < 4.78 is 502. The van der Waals surface area contributed by atoms with Crippen LogP contribution in [0.1, 0.15) is 11.1 Å². The van der Waals surface area contributed by atoms with E-state index in [-0.39, 0.29) is 24.3 Å². The molecule has 0 unspecified atom stereocenters. The Hall–Kier alpha value is -4.34. The Kier molecular flexibility index (Phi) is 15.4. The van der Waals surface area contributed by atoms with Gasteiger partial charge in [-0.05, 0) is 30.8 Å². The predicted octanol–water partition coefficient (Wildman–Crippen LogP) is 14.7. The van der Waals surface area contributed by atoms with Gasteiger partial charge >= 0.3 is 115 Å². The first kappa shape index (κ1) is 63.8. The number of hydrogen-bond acceptors (Lipinski definition) is 4. The molecule has 0 fully saturated rings. The zero-order valence-electron chi connectivity index (χ0n) is 32.6. The van der Waals surface area contributed by atoms with E-state index in [0.29, 0.717) is 0 Å². The highest BCUT2D eigenvalue weighted by Gasteiger charge is 2.99. The molecular formula is C31H14F36N2O2Si. The molecule has 72 heavy (non-hydrogen) atoms. The molecule has 0 aliphatic heterocycles. The molecule has 0 spiro atoms. The second kappa shape index (κ2) is 17.4. The van der Waals surface area contributed by atoms with Crippen molar-refractivity contribution in [2.45, 2.75) is 113 Å². The van der Waals surface area contributed by atoms with Gasteiger partial charge in [-0.2, -0.15) is 160 Å². The maximum Gasteiger partial charge on any atom is 0.413 e. The normalized spacial score (nSPS) is 16.3. The van der Waals surface area contributed by atoms with Crippen LogP contribution in [0.4, 0.5) is 169 Å². The number of halogens is 36. The van der Waals surface area contributed by atoms with Crippen LogP contribution in [0, 0.1) is 0 Å². The Morgan fingerprint density at radius 1 is 0.319 bits per heavy atom. The van der Waals surface area contributed by atoms with Crippen LogP contribution in [0.15, 0.2) is 58.8 Å². The lowest BCUT2D eigenvalue weighted by atomic mass is 9.84. The number of nitrogens with zero attached hydrogens (tertiary/aromatic N) is 2. The van der Waals surface area contributed by atoms with E-state index in [1.165, 1.54) is 0 Å². The number of hydrogen-bond donors (Lipinski definition) is 2. The summed E-state index contributed by atoms with van der Waals surface area (Å²) in [6.07, 6.45) is -6.39. The first-order chi connectivity index (χ1) is 31.1. The van der Waals surface area contributed by atoms with Crippen LogP contribution < -0.4 is 0 Å². The molecule has 41 heteroatoms. The van der Waals surface area contributed by atoms with Crippen LogP contribution in [0.5, 0.6) is 0 Å². The van der Waals surface area contributed by atoms with E-state index in [1.54, 1.807) is 0 Å². The maximum atomic E-state index is 14.7. The summed E-state index contributed by atoms with van der Waals surface area (Å²) in [5.41, 5.74) is -15.0. The van der Waals surface area contributed by atoms with Crippen molar-refractivity contribution in [1.29, 1.82) is 0 Å². The maximum absolute atomic E-state index is 14.7. The number of alkyl halides is 36. The first-order valence-corrected chi connectivity index (χ1v) is 19.3. The van der Waals surface area contributed by atoms with Crippen LogP contribution in [-0.2, 0) is 11.8 Å². The Bertz CT molecular complexity index is 2280. The highest BCUT2D eigenvalue weighted by molar-refractivity contribution is 6.66. The van der Waals surface area contributed by atoms with Gasteiger partial charge in [0.25, 0.3) is 0 Å². The zero-order chi connectivity index (χ0) is 58.0. The number of rotatable bonds is 21. The molecule has 0 heterocycles. The molecule has 0 aliphatic carbocycles. The monoisotopic (exact) mass is 1160 g/mol. The molecule has 2 rings (SSSR count). The van der Waals surface area contributed by atoms with Gasteiger partial charge in [-0.25, -0.2) is 8.78 Å². The minimum absolute atomic E-state index is 0.120. The molecule has 0 atom stereocenters. The van der Waals surface area contributed by atoms with Gasteiger partial charge in [-0.3, -0.25) is 0 Å². The largest absolute Gasteiger partial charge is 0.413 e. The number of benzene rings is 2. The number of azo groups is 1. The quantitative estimate of drug-likeness (QED) is 0.0743. The van der Waals surface area contributed by atoms with Crippen LogP contribution >= 0.6 is 0 Å². The lowest BCUT2D eigenvalue weighted by molar-refractivity contribution is -0.476. The Labute approximate surface area is 371 Å². The highest BCUT2D eigenvalue weighted by Crippen LogP contribution is 2.68. The summed E-state index contributed by atoms with van der Waals surface area (Å²) in [4.78, 5) is 17.5. The van der Waals surface area contributed by atoms with Gasteiger partial charge in [-0.1, -0.05) is 24.3 Å². The van der Waals surface area contributed by atoms with Crippen LogP contribution in [0.25, 0.3) is 0 Å². The van der Waals surface area contributed by atoms with Crippen LogP contribution in [-0.4, -0.2) is 113 Å². The van der Waals surface area contributed by atoms with Crippen molar-refractivity contribution >= 4 is 19.9 Å². The lowest BCUT2D eigenvalue weighted by Crippen LogP contribution is -2.77. The van der Waals surface area contributed by atoms with Crippen molar-refractivity contribution in [3.05, 3.63) is 59.7 Å². The molecule has 0 aliphatic rings. The molecule has 2 N–H and O–H groups in total. The van der Waals surface area contributed by atoms with Crippen molar-refractivity contribution in [3.63, 3.8) is 0 Å².